The molecular weight excluding hydrogens is 402 g/mol. The molecule has 0 spiro atoms. The Bertz CT molecular complexity index is 1230. The number of carbonyl (C=O) groups excluding carboxylic acids is 1. The number of hydrogen-bond acceptors (Lipinski definition) is 6. The molecule has 0 radical (unpaired) electrons. The summed E-state index contributed by atoms with van der Waals surface area (Å²) >= 11 is 1.24. The van der Waals surface area contributed by atoms with E-state index in [2.05, 4.69) is 10.3 Å². The van der Waals surface area contributed by atoms with Crippen molar-refractivity contribution in [3.63, 3.8) is 0 Å². The van der Waals surface area contributed by atoms with E-state index in [0.29, 0.717) is 27.2 Å². The molecule has 1 aliphatic rings. The third-order valence-electron chi connectivity index (χ3n) is 4.69. The number of nitrogens with zero attached hydrogens (tertiary/aromatic N) is 2. The number of nitro benzene ring substituents is 1. The van der Waals surface area contributed by atoms with Gasteiger partial charge in [-0.05, 0) is 54.9 Å². The highest BCUT2D eigenvalue weighted by molar-refractivity contribution is 8.18. The van der Waals surface area contributed by atoms with E-state index in [4.69, 9.17) is 4.42 Å². The fourth-order valence-electron chi connectivity index (χ4n) is 2.93. The number of rotatable bonds is 4. The maximum atomic E-state index is 12.3. The summed E-state index contributed by atoms with van der Waals surface area (Å²) < 4.78 is 5.77. The van der Waals surface area contributed by atoms with Crippen molar-refractivity contribution in [3.8, 4) is 11.3 Å². The van der Waals surface area contributed by atoms with Crippen molar-refractivity contribution in [3.05, 3.63) is 86.5 Å². The van der Waals surface area contributed by atoms with Gasteiger partial charge in [-0.3, -0.25) is 14.9 Å². The smallest absolute Gasteiger partial charge is 0.270 e. The van der Waals surface area contributed by atoms with E-state index in [0.717, 1.165) is 16.8 Å². The second-order valence-corrected chi connectivity index (χ2v) is 7.74. The van der Waals surface area contributed by atoms with Gasteiger partial charge < -0.3 is 9.73 Å². The number of thioether (sulfide) groups is 1. The van der Waals surface area contributed by atoms with Crippen LogP contribution in [0.2, 0.25) is 0 Å². The first-order chi connectivity index (χ1) is 14.4. The van der Waals surface area contributed by atoms with Crippen molar-refractivity contribution in [2.45, 2.75) is 13.8 Å². The first kappa shape index (κ1) is 19.7. The molecule has 1 aromatic heterocycles. The van der Waals surface area contributed by atoms with E-state index in [1.807, 2.05) is 32.0 Å². The van der Waals surface area contributed by atoms with Crippen molar-refractivity contribution in [1.82, 2.24) is 5.32 Å². The summed E-state index contributed by atoms with van der Waals surface area (Å²) in [7, 11) is 0. The summed E-state index contributed by atoms with van der Waals surface area (Å²) in [6.45, 7) is 4.01. The van der Waals surface area contributed by atoms with Crippen LogP contribution < -0.4 is 5.32 Å². The van der Waals surface area contributed by atoms with E-state index in [-0.39, 0.29) is 11.6 Å². The van der Waals surface area contributed by atoms with Crippen LogP contribution in [0, 0.1) is 24.0 Å². The number of nitro groups is 1. The second-order valence-electron chi connectivity index (χ2n) is 6.71. The number of furan rings is 1. The van der Waals surface area contributed by atoms with Gasteiger partial charge in [0.15, 0.2) is 5.17 Å². The molecule has 1 fully saturated rings. The zero-order valence-electron chi connectivity index (χ0n) is 16.2. The summed E-state index contributed by atoms with van der Waals surface area (Å²) in [6, 6.07) is 15.5. The maximum absolute atomic E-state index is 12.3. The van der Waals surface area contributed by atoms with Gasteiger partial charge in [-0.15, -0.1) is 0 Å². The van der Waals surface area contributed by atoms with Crippen LogP contribution in [0.25, 0.3) is 17.4 Å². The van der Waals surface area contributed by atoms with Crippen molar-refractivity contribution >= 4 is 40.3 Å². The molecule has 1 aliphatic heterocycles. The third kappa shape index (κ3) is 4.04. The van der Waals surface area contributed by atoms with Gasteiger partial charge in [-0.1, -0.05) is 24.3 Å². The standard InChI is InChI=1S/C22H17N3O4S/c1-13-5-3-8-18(14(13)2)23-22-24-21(26)20(30-22)12-17-9-10-19(29-17)15-6-4-7-16(11-15)25(27)28/h3-12H,1-2H3,(H,23,24,26). The number of carbonyl (C=O) groups is 1. The van der Waals surface area contributed by atoms with Crippen molar-refractivity contribution < 1.29 is 14.1 Å². The van der Waals surface area contributed by atoms with Crippen molar-refractivity contribution in [1.29, 1.82) is 0 Å². The van der Waals surface area contributed by atoms with Gasteiger partial charge in [-0.2, -0.15) is 0 Å². The molecule has 1 amide bonds. The highest BCUT2D eigenvalue weighted by Crippen LogP contribution is 2.31. The van der Waals surface area contributed by atoms with Gasteiger partial charge in [-0.25, -0.2) is 4.99 Å². The van der Waals surface area contributed by atoms with E-state index in [9.17, 15) is 14.9 Å². The highest BCUT2D eigenvalue weighted by Gasteiger charge is 2.24. The number of nitrogens with one attached hydrogen (secondary N) is 1. The Labute approximate surface area is 176 Å². The average molecular weight is 419 g/mol. The first-order valence-electron chi connectivity index (χ1n) is 9.11. The number of benzene rings is 2. The quantitative estimate of drug-likeness (QED) is 0.349. The summed E-state index contributed by atoms with van der Waals surface area (Å²) in [5.41, 5.74) is 3.58. The summed E-state index contributed by atoms with van der Waals surface area (Å²) in [5, 5.41) is 14.2. The normalized spacial score (nSPS) is 16.3. The van der Waals surface area contributed by atoms with Crippen LogP contribution in [-0.2, 0) is 4.79 Å². The Morgan fingerprint density at radius 2 is 1.93 bits per heavy atom. The minimum atomic E-state index is -0.453. The molecule has 3 aromatic rings. The molecule has 2 heterocycles. The van der Waals surface area contributed by atoms with Gasteiger partial charge in [0.1, 0.15) is 11.5 Å². The largest absolute Gasteiger partial charge is 0.457 e. The van der Waals surface area contributed by atoms with Gasteiger partial charge in [0, 0.05) is 23.8 Å². The number of hydrogen-bond donors (Lipinski definition) is 1. The van der Waals surface area contributed by atoms with Crippen molar-refractivity contribution in [2.24, 2.45) is 4.99 Å². The lowest BCUT2D eigenvalue weighted by Crippen LogP contribution is -2.19. The number of amidine groups is 1. The Morgan fingerprint density at radius 3 is 2.73 bits per heavy atom. The molecule has 1 saturated heterocycles. The molecule has 0 unspecified atom stereocenters. The van der Waals surface area contributed by atoms with Crippen LogP contribution >= 0.6 is 11.8 Å². The number of non-ortho nitro benzene ring substituents is 1. The number of aryl methyl sites for hydroxylation is 1. The van der Waals surface area contributed by atoms with E-state index >= 15 is 0 Å². The fraction of sp³-hybridized carbons (Fsp3) is 0.0909. The maximum Gasteiger partial charge on any atom is 0.270 e. The van der Waals surface area contributed by atoms with Gasteiger partial charge >= 0.3 is 0 Å². The third-order valence-corrected chi connectivity index (χ3v) is 5.60. The minimum Gasteiger partial charge on any atom is -0.457 e. The lowest BCUT2D eigenvalue weighted by Gasteiger charge is -2.04. The average Bonchev–Trinajstić information content (AvgIpc) is 3.32. The SMILES string of the molecule is Cc1cccc(N=C2NC(=O)C(=Cc3ccc(-c4cccc([N+](=O)[O-])c4)o3)S2)c1C. The fourth-order valence-corrected chi connectivity index (χ4v) is 3.75. The van der Waals surface area contributed by atoms with Gasteiger partial charge in [0.2, 0.25) is 0 Å². The molecule has 0 atom stereocenters. The van der Waals surface area contributed by atoms with Crippen LogP contribution in [0.1, 0.15) is 16.9 Å². The molecule has 4 rings (SSSR count). The summed E-state index contributed by atoms with van der Waals surface area (Å²) in [6.07, 6.45) is 1.63. The Balaban J connectivity index is 1.57. The molecule has 0 bridgehead atoms. The molecule has 1 N–H and O–H groups in total. The van der Waals surface area contributed by atoms with Gasteiger partial charge in [0.05, 0.1) is 15.5 Å². The first-order valence-corrected chi connectivity index (χ1v) is 9.93. The molecule has 7 nitrogen and oxygen atoms in total. The molecule has 150 valence electrons. The monoisotopic (exact) mass is 419 g/mol. The summed E-state index contributed by atoms with van der Waals surface area (Å²) in [5.74, 6) is 0.706. The topological polar surface area (TPSA) is 97.7 Å². The summed E-state index contributed by atoms with van der Waals surface area (Å²) in [4.78, 5) is 27.9. The predicted octanol–water partition coefficient (Wildman–Crippen LogP) is 5.36. The molecule has 0 saturated carbocycles. The Morgan fingerprint density at radius 1 is 1.13 bits per heavy atom. The molecule has 0 aliphatic carbocycles. The lowest BCUT2D eigenvalue weighted by atomic mass is 10.1. The zero-order valence-corrected chi connectivity index (χ0v) is 17.0. The van der Waals surface area contributed by atoms with Crippen molar-refractivity contribution in [2.75, 3.05) is 0 Å². The van der Waals surface area contributed by atoms with Crippen LogP contribution in [0.3, 0.4) is 0 Å². The second kappa shape index (κ2) is 8.00. The zero-order chi connectivity index (χ0) is 21.3. The Kier molecular flexibility index (Phi) is 5.24. The molecular formula is C22H17N3O4S. The predicted molar refractivity (Wildman–Crippen MR) is 118 cm³/mol. The molecule has 30 heavy (non-hydrogen) atoms. The number of amides is 1. The minimum absolute atomic E-state index is 0.0122. The van der Waals surface area contributed by atoms with E-state index < -0.39 is 4.92 Å². The van der Waals surface area contributed by atoms with E-state index in [1.54, 1.807) is 30.3 Å². The lowest BCUT2D eigenvalue weighted by molar-refractivity contribution is -0.384. The Hall–Kier alpha value is -3.65. The highest BCUT2D eigenvalue weighted by atomic mass is 32.2. The van der Waals surface area contributed by atoms with Gasteiger partial charge in [0.25, 0.3) is 11.6 Å². The van der Waals surface area contributed by atoms with Crippen LogP contribution in [0.5, 0.6) is 0 Å². The van der Waals surface area contributed by atoms with Crippen LogP contribution in [0.4, 0.5) is 11.4 Å². The van der Waals surface area contributed by atoms with E-state index in [1.165, 1.54) is 23.9 Å². The molecule has 2 aromatic carbocycles. The molecule has 8 heteroatoms. The number of aliphatic imine (C=N–C) groups is 1. The van der Waals surface area contributed by atoms with Crippen LogP contribution in [0.15, 0.2) is 68.9 Å². The van der Waals surface area contributed by atoms with Crippen LogP contribution in [-0.4, -0.2) is 16.0 Å².